The Kier molecular flexibility index (Phi) is 3.94. The van der Waals surface area contributed by atoms with E-state index in [2.05, 4.69) is 41.5 Å². The van der Waals surface area contributed by atoms with Gasteiger partial charge in [-0.3, -0.25) is 5.10 Å². The van der Waals surface area contributed by atoms with Gasteiger partial charge in [-0.15, -0.1) is 0 Å². The first-order valence-electron chi connectivity index (χ1n) is 6.19. The van der Waals surface area contributed by atoms with Crippen LogP contribution < -0.4 is 5.32 Å². The standard InChI is InChI=1S/C14H19N3/c1-3-12-13(10-15-4-2)16-17-14(12)11-8-6-5-7-9-11/h5-9,15H,3-4,10H2,1-2H3,(H,16,17). The van der Waals surface area contributed by atoms with Gasteiger partial charge in [0.15, 0.2) is 0 Å². The highest BCUT2D eigenvalue weighted by Crippen LogP contribution is 2.23. The molecule has 0 saturated heterocycles. The van der Waals surface area contributed by atoms with Crippen LogP contribution in [0.3, 0.4) is 0 Å². The largest absolute Gasteiger partial charge is 0.311 e. The molecule has 0 bridgehead atoms. The first kappa shape index (κ1) is 11.9. The van der Waals surface area contributed by atoms with Gasteiger partial charge >= 0.3 is 0 Å². The maximum atomic E-state index is 4.45. The van der Waals surface area contributed by atoms with E-state index >= 15 is 0 Å². The SMILES string of the molecule is CCNCc1[nH]nc(-c2ccccc2)c1CC. The van der Waals surface area contributed by atoms with Gasteiger partial charge in [-0.05, 0) is 13.0 Å². The smallest absolute Gasteiger partial charge is 0.0955 e. The number of nitrogens with zero attached hydrogens (tertiary/aromatic N) is 1. The van der Waals surface area contributed by atoms with Crippen molar-refractivity contribution in [1.82, 2.24) is 15.5 Å². The number of hydrogen-bond donors (Lipinski definition) is 2. The lowest BCUT2D eigenvalue weighted by Gasteiger charge is -2.03. The van der Waals surface area contributed by atoms with Gasteiger partial charge in [-0.25, -0.2) is 0 Å². The van der Waals surface area contributed by atoms with Crippen molar-refractivity contribution in [2.45, 2.75) is 26.8 Å². The molecule has 0 aliphatic rings. The number of aromatic amines is 1. The zero-order valence-corrected chi connectivity index (χ0v) is 10.5. The number of benzene rings is 1. The molecule has 0 spiro atoms. The van der Waals surface area contributed by atoms with Crippen LogP contribution in [0.2, 0.25) is 0 Å². The molecule has 0 aliphatic heterocycles. The fraction of sp³-hybridized carbons (Fsp3) is 0.357. The van der Waals surface area contributed by atoms with Crippen LogP contribution in [-0.2, 0) is 13.0 Å². The maximum Gasteiger partial charge on any atom is 0.0955 e. The Balaban J connectivity index is 2.32. The van der Waals surface area contributed by atoms with E-state index in [1.807, 2.05) is 18.2 Å². The second-order valence-corrected chi connectivity index (χ2v) is 4.03. The van der Waals surface area contributed by atoms with Crippen molar-refractivity contribution in [2.24, 2.45) is 0 Å². The third-order valence-corrected chi connectivity index (χ3v) is 2.91. The van der Waals surface area contributed by atoms with Crippen LogP contribution in [0, 0.1) is 0 Å². The second-order valence-electron chi connectivity index (χ2n) is 4.03. The third kappa shape index (κ3) is 2.56. The molecule has 0 unspecified atom stereocenters. The lowest BCUT2D eigenvalue weighted by atomic mass is 10.0. The van der Waals surface area contributed by atoms with Crippen LogP contribution >= 0.6 is 0 Å². The van der Waals surface area contributed by atoms with Gasteiger partial charge < -0.3 is 5.32 Å². The van der Waals surface area contributed by atoms with Gasteiger partial charge in [0, 0.05) is 17.7 Å². The lowest BCUT2D eigenvalue weighted by molar-refractivity contribution is 0.702. The van der Waals surface area contributed by atoms with E-state index in [0.29, 0.717) is 0 Å². The topological polar surface area (TPSA) is 40.7 Å². The highest BCUT2D eigenvalue weighted by atomic mass is 15.1. The molecule has 2 rings (SSSR count). The first-order chi connectivity index (χ1) is 8.36. The fourth-order valence-corrected chi connectivity index (χ4v) is 2.01. The van der Waals surface area contributed by atoms with E-state index in [-0.39, 0.29) is 0 Å². The molecule has 90 valence electrons. The van der Waals surface area contributed by atoms with Gasteiger partial charge in [-0.1, -0.05) is 44.2 Å². The number of rotatable bonds is 5. The van der Waals surface area contributed by atoms with Gasteiger partial charge in [0.25, 0.3) is 0 Å². The van der Waals surface area contributed by atoms with E-state index in [0.717, 1.165) is 25.2 Å². The summed E-state index contributed by atoms with van der Waals surface area (Å²) in [5.74, 6) is 0. The molecular weight excluding hydrogens is 210 g/mol. The normalized spacial score (nSPS) is 10.7. The Morgan fingerprint density at radius 3 is 2.59 bits per heavy atom. The Labute approximate surface area is 102 Å². The third-order valence-electron chi connectivity index (χ3n) is 2.91. The van der Waals surface area contributed by atoms with Crippen molar-refractivity contribution < 1.29 is 0 Å². The van der Waals surface area contributed by atoms with Gasteiger partial charge in [0.05, 0.1) is 11.4 Å². The maximum absolute atomic E-state index is 4.45. The number of aromatic nitrogens is 2. The molecule has 0 atom stereocenters. The zero-order chi connectivity index (χ0) is 12.1. The summed E-state index contributed by atoms with van der Waals surface area (Å²) < 4.78 is 0. The first-order valence-corrected chi connectivity index (χ1v) is 6.19. The van der Waals surface area contributed by atoms with Crippen LogP contribution in [0.5, 0.6) is 0 Å². The predicted octanol–water partition coefficient (Wildman–Crippen LogP) is 2.75. The van der Waals surface area contributed by atoms with Crippen LogP contribution in [-0.4, -0.2) is 16.7 Å². The monoisotopic (exact) mass is 229 g/mol. The summed E-state index contributed by atoms with van der Waals surface area (Å²) in [6, 6.07) is 10.3. The van der Waals surface area contributed by atoms with Crippen molar-refractivity contribution in [3.63, 3.8) is 0 Å². The predicted molar refractivity (Wildman–Crippen MR) is 70.8 cm³/mol. The molecular formula is C14H19N3. The number of hydrogen-bond acceptors (Lipinski definition) is 2. The summed E-state index contributed by atoms with van der Waals surface area (Å²) in [6.45, 7) is 6.12. The van der Waals surface area contributed by atoms with Crippen molar-refractivity contribution in [1.29, 1.82) is 0 Å². The highest BCUT2D eigenvalue weighted by Gasteiger charge is 2.12. The minimum Gasteiger partial charge on any atom is -0.311 e. The minimum absolute atomic E-state index is 0.861. The van der Waals surface area contributed by atoms with Crippen molar-refractivity contribution in [3.05, 3.63) is 41.6 Å². The van der Waals surface area contributed by atoms with Gasteiger partial charge in [0.2, 0.25) is 0 Å². The Bertz CT molecular complexity index is 460. The van der Waals surface area contributed by atoms with E-state index in [9.17, 15) is 0 Å². The lowest BCUT2D eigenvalue weighted by Crippen LogP contribution is -2.13. The fourth-order valence-electron chi connectivity index (χ4n) is 2.01. The molecule has 0 saturated carbocycles. The average Bonchev–Trinajstić information content (AvgIpc) is 2.80. The molecule has 1 heterocycles. The Morgan fingerprint density at radius 1 is 1.18 bits per heavy atom. The van der Waals surface area contributed by atoms with Crippen molar-refractivity contribution in [3.8, 4) is 11.3 Å². The van der Waals surface area contributed by atoms with E-state index in [1.165, 1.54) is 16.8 Å². The van der Waals surface area contributed by atoms with Gasteiger partial charge in [0.1, 0.15) is 0 Å². The molecule has 2 aromatic rings. The Morgan fingerprint density at radius 2 is 1.94 bits per heavy atom. The molecule has 3 nitrogen and oxygen atoms in total. The summed E-state index contributed by atoms with van der Waals surface area (Å²) in [5, 5.41) is 10.9. The number of nitrogens with one attached hydrogen (secondary N) is 2. The molecule has 0 amide bonds. The molecule has 2 N–H and O–H groups in total. The highest BCUT2D eigenvalue weighted by molar-refractivity contribution is 5.63. The van der Waals surface area contributed by atoms with Gasteiger partial charge in [-0.2, -0.15) is 5.10 Å². The molecule has 0 radical (unpaired) electrons. The van der Waals surface area contributed by atoms with E-state index in [4.69, 9.17) is 0 Å². The molecule has 17 heavy (non-hydrogen) atoms. The van der Waals surface area contributed by atoms with Crippen LogP contribution in [0.15, 0.2) is 30.3 Å². The summed E-state index contributed by atoms with van der Waals surface area (Å²) in [6.07, 6.45) is 1.00. The second kappa shape index (κ2) is 5.64. The summed E-state index contributed by atoms with van der Waals surface area (Å²) in [5.41, 5.74) is 4.79. The molecule has 0 fully saturated rings. The summed E-state index contributed by atoms with van der Waals surface area (Å²) in [7, 11) is 0. The Hall–Kier alpha value is -1.61. The number of H-pyrrole nitrogens is 1. The summed E-state index contributed by atoms with van der Waals surface area (Å²) in [4.78, 5) is 0. The average molecular weight is 229 g/mol. The molecule has 3 heteroatoms. The minimum atomic E-state index is 0.861. The van der Waals surface area contributed by atoms with Crippen molar-refractivity contribution >= 4 is 0 Å². The van der Waals surface area contributed by atoms with E-state index < -0.39 is 0 Å². The molecule has 1 aromatic heterocycles. The summed E-state index contributed by atoms with van der Waals surface area (Å²) >= 11 is 0. The van der Waals surface area contributed by atoms with Crippen molar-refractivity contribution in [2.75, 3.05) is 6.54 Å². The van der Waals surface area contributed by atoms with Crippen LogP contribution in [0.1, 0.15) is 25.1 Å². The van der Waals surface area contributed by atoms with E-state index in [1.54, 1.807) is 0 Å². The van der Waals surface area contributed by atoms with Crippen LogP contribution in [0.25, 0.3) is 11.3 Å². The quantitative estimate of drug-likeness (QED) is 0.827. The molecule has 1 aromatic carbocycles. The van der Waals surface area contributed by atoms with Crippen LogP contribution in [0.4, 0.5) is 0 Å². The molecule has 0 aliphatic carbocycles. The zero-order valence-electron chi connectivity index (χ0n) is 10.5.